The molecular weight excluding hydrogens is 274 g/mol. The number of hydrogen-bond donors (Lipinski definition) is 1. The van der Waals surface area contributed by atoms with Gasteiger partial charge in [-0.25, -0.2) is 4.68 Å². The molecule has 1 aromatic heterocycles. The van der Waals surface area contributed by atoms with E-state index in [4.69, 9.17) is 17.3 Å². The highest BCUT2D eigenvalue weighted by Crippen LogP contribution is 2.32. The van der Waals surface area contributed by atoms with Crippen molar-refractivity contribution in [2.24, 2.45) is 11.3 Å². The van der Waals surface area contributed by atoms with Gasteiger partial charge in [-0.3, -0.25) is 0 Å². The van der Waals surface area contributed by atoms with Gasteiger partial charge in [-0.15, -0.1) is 5.10 Å². The maximum atomic E-state index is 6.06. The Labute approximate surface area is 124 Å². The van der Waals surface area contributed by atoms with Crippen molar-refractivity contribution in [1.82, 2.24) is 20.2 Å². The van der Waals surface area contributed by atoms with E-state index in [9.17, 15) is 0 Å². The smallest absolute Gasteiger partial charge is 0.184 e. The van der Waals surface area contributed by atoms with E-state index in [0.717, 1.165) is 12.1 Å². The summed E-state index contributed by atoms with van der Waals surface area (Å²) in [5.41, 5.74) is 7.38. The number of anilines is 1. The molecule has 0 radical (unpaired) electrons. The lowest BCUT2D eigenvalue weighted by Crippen LogP contribution is -2.26. The maximum absolute atomic E-state index is 6.06. The molecule has 0 saturated carbocycles. The number of nitrogens with two attached hydrogens (primary N) is 1. The average Bonchev–Trinajstić information content (AvgIpc) is 2.80. The minimum absolute atomic E-state index is 0.0808. The number of rotatable bonds is 4. The van der Waals surface area contributed by atoms with Crippen LogP contribution in [0.25, 0.3) is 11.4 Å². The van der Waals surface area contributed by atoms with Crippen LogP contribution in [0, 0.1) is 11.3 Å². The van der Waals surface area contributed by atoms with E-state index in [2.05, 4.69) is 43.2 Å². The first kappa shape index (κ1) is 14.8. The molecule has 2 rings (SSSR count). The first-order chi connectivity index (χ1) is 9.33. The number of tetrazole rings is 1. The second-order valence-electron chi connectivity index (χ2n) is 6.00. The molecule has 1 aromatic carbocycles. The third-order valence-corrected chi connectivity index (χ3v) is 4.28. The van der Waals surface area contributed by atoms with Crippen LogP contribution < -0.4 is 5.73 Å². The summed E-state index contributed by atoms with van der Waals surface area (Å²) in [4.78, 5) is 0. The molecule has 0 aliphatic rings. The molecule has 0 saturated heterocycles. The molecule has 0 fully saturated rings. The predicted molar refractivity (Wildman–Crippen MR) is 81.3 cm³/mol. The molecule has 2 N–H and O–H groups in total. The Morgan fingerprint density at radius 3 is 2.70 bits per heavy atom. The summed E-state index contributed by atoms with van der Waals surface area (Å²) in [5, 5.41) is 12.5. The number of aromatic nitrogens is 4. The Morgan fingerprint density at radius 1 is 1.35 bits per heavy atom. The number of halogens is 1. The quantitative estimate of drug-likeness (QED) is 0.879. The van der Waals surface area contributed by atoms with Crippen molar-refractivity contribution < 1.29 is 0 Å². The van der Waals surface area contributed by atoms with Gasteiger partial charge >= 0.3 is 0 Å². The van der Waals surface area contributed by atoms with Gasteiger partial charge in [0.2, 0.25) is 0 Å². The second kappa shape index (κ2) is 5.40. The van der Waals surface area contributed by atoms with Crippen LogP contribution >= 0.6 is 11.6 Å². The first-order valence-corrected chi connectivity index (χ1v) is 7.01. The largest absolute Gasteiger partial charge is 0.397 e. The fourth-order valence-corrected chi connectivity index (χ4v) is 1.98. The average molecular weight is 294 g/mol. The number of hydrogen-bond acceptors (Lipinski definition) is 4. The Kier molecular flexibility index (Phi) is 3.99. The number of para-hydroxylation sites is 1. The Hall–Kier alpha value is -1.62. The van der Waals surface area contributed by atoms with Crippen molar-refractivity contribution in [3.63, 3.8) is 0 Å². The molecule has 2 aromatic rings. The molecule has 0 aliphatic carbocycles. The van der Waals surface area contributed by atoms with Crippen molar-refractivity contribution in [2.75, 3.05) is 5.73 Å². The monoisotopic (exact) mass is 293 g/mol. The maximum Gasteiger partial charge on any atom is 0.184 e. The molecule has 1 heterocycles. The van der Waals surface area contributed by atoms with Crippen molar-refractivity contribution in [3.05, 3.63) is 23.2 Å². The molecule has 0 bridgehead atoms. The molecule has 20 heavy (non-hydrogen) atoms. The van der Waals surface area contributed by atoms with Crippen LogP contribution in [-0.4, -0.2) is 20.2 Å². The molecule has 5 nitrogen and oxygen atoms in total. The van der Waals surface area contributed by atoms with Gasteiger partial charge in [0.05, 0.1) is 17.3 Å². The van der Waals surface area contributed by atoms with Crippen LogP contribution in [0.3, 0.4) is 0 Å². The summed E-state index contributed by atoms with van der Waals surface area (Å²) in [7, 11) is 0. The van der Waals surface area contributed by atoms with Crippen LogP contribution in [0.5, 0.6) is 0 Å². The van der Waals surface area contributed by atoms with Gasteiger partial charge in [0.1, 0.15) is 0 Å². The lowest BCUT2D eigenvalue weighted by molar-refractivity contribution is 0.200. The zero-order valence-corrected chi connectivity index (χ0v) is 13.0. The van der Waals surface area contributed by atoms with Crippen LogP contribution in [0.1, 0.15) is 27.7 Å². The summed E-state index contributed by atoms with van der Waals surface area (Å²) in [6.45, 7) is 9.50. The van der Waals surface area contributed by atoms with Crippen molar-refractivity contribution in [3.8, 4) is 11.4 Å². The zero-order valence-electron chi connectivity index (χ0n) is 12.3. The number of benzene rings is 1. The lowest BCUT2D eigenvalue weighted by Gasteiger charge is -2.29. The van der Waals surface area contributed by atoms with Gasteiger partial charge in [-0.2, -0.15) is 0 Å². The third-order valence-electron chi connectivity index (χ3n) is 3.95. The van der Waals surface area contributed by atoms with Gasteiger partial charge in [0.15, 0.2) is 5.82 Å². The van der Waals surface area contributed by atoms with Gasteiger partial charge in [0, 0.05) is 5.56 Å². The Balaban J connectivity index is 2.41. The van der Waals surface area contributed by atoms with E-state index in [1.165, 1.54) is 0 Å². The molecule has 108 valence electrons. The van der Waals surface area contributed by atoms with Crippen LogP contribution in [0.2, 0.25) is 5.02 Å². The van der Waals surface area contributed by atoms with E-state index < -0.39 is 0 Å². The summed E-state index contributed by atoms with van der Waals surface area (Å²) in [5.74, 6) is 1.16. The standard InChI is InChI=1S/C14H20ClN5/c1-9(2)14(3,4)8-20-13(17-18-19-20)10-6-5-7-11(15)12(10)16/h5-7,9H,8,16H2,1-4H3. The summed E-state index contributed by atoms with van der Waals surface area (Å²) < 4.78 is 1.79. The van der Waals surface area contributed by atoms with E-state index in [1.807, 2.05) is 12.1 Å². The SMILES string of the molecule is CC(C)C(C)(C)Cn1nnnc1-c1cccc(Cl)c1N. The molecule has 6 heteroatoms. The third kappa shape index (κ3) is 2.77. The summed E-state index contributed by atoms with van der Waals surface area (Å²) in [6, 6.07) is 5.49. The van der Waals surface area contributed by atoms with E-state index in [-0.39, 0.29) is 5.41 Å². The van der Waals surface area contributed by atoms with Gasteiger partial charge in [-0.05, 0) is 33.9 Å². The highest BCUT2D eigenvalue weighted by atomic mass is 35.5. The van der Waals surface area contributed by atoms with Crippen LogP contribution in [0.15, 0.2) is 18.2 Å². The normalized spacial score (nSPS) is 12.1. The van der Waals surface area contributed by atoms with Crippen LogP contribution in [0.4, 0.5) is 5.69 Å². The zero-order chi connectivity index (χ0) is 14.9. The molecular formula is C14H20ClN5. The van der Waals surface area contributed by atoms with Gasteiger partial charge < -0.3 is 5.73 Å². The van der Waals surface area contributed by atoms with E-state index >= 15 is 0 Å². The summed E-state index contributed by atoms with van der Waals surface area (Å²) in [6.07, 6.45) is 0. The van der Waals surface area contributed by atoms with Gasteiger partial charge in [0.25, 0.3) is 0 Å². The van der Waals surface area contributed by atoms with E-state index in [0.29, 0.717) is 22.5 Å². The predicted octanol–water partition coefficient (Wildman–Crippen LogP) is 3.26. The number of nitrogens with zero attached hydrogens (tertiary/aromatic N) is 4. The van der Waals surface area contributed by atoms with Crippen molar-refractivity contribution in [2.45, 2.75) is 34.2 Å². The fourth-order valence-electron chi connectivity index (χ4n) is 1.80. The van der Waals surface area contributed by atoms with Gasteiger partial charge in [-0.1, -0.05) is 45.4 Å². The lowest BCUT2D eigenvalue weighted by atomic mass is 9.81. The first-order valence-electron chi connectivity index (χ1n) is 6.63. The van der Waals surface area contributed by atoms with Crippen molar-refractivity contribution >= 4 is 17.3 Å². The topological polar surface area (TPSA) is 69.6 Å². The molecule has 0 unspecified atom stereocenters. The van der Waals surface area contributed by atoms with Crippen molar-refractivity contribution in [1.29, 1.82) is 0 Å². The highest BCUT2D eigenvalue weighted by molar-refractivity contribution is 6.33. The minimum atomic E-state index is 0.0808. The Morgan fingerprint density at radius 2 is 2.05 bits per heavy atom. The second-order valence-corrected chi connectivity index (χ2v) is 6.41. The molecule has 0 amide bonds. The summed E-state index contributed by atoms with van der Waals surface area (Å²) >= 11 is 6.06. The fraction of sp³-hybridized carbons (Fsp3) is 0.500. The minimum Gasteiger partial charge on any atom is -0.397 e. The number of nitrogen functional groups attached to an aromatic ring is 1. The molecule has 0 spiro atoms. The van der Waals surface area contributed by atoms with E-state index in [1.54, 1.807) is 10.7 Å². The molecule has 0 aliphatic heterocycles. The highest BCUT2D eigenvalue weighted by Gasteiger charge is 2.25. The molecule has 0 atom stereocenters. The van der Waals surface area contributed by atoms with Crippen LogP contribution in [-0.2, 0) is 6.54 Å². The Bertz CT molecular complexity index is 603.